The van der Waals surface area contributed by atoms with Crippen LogP contribution in [0.5, 0.6) is 0 Å². The Bertz CT molecular complexity index is 121. The number of hydrogen-bond donors (Lipinski definition) is 1. The van der Waals surface area contributed by atoms with E-state index in [0.29, 0.717) is 5.41 Å². The summed E-state index contributed by atoms with van der Waals surface area (Å²) in [6.45, 7) is 9.62. The molecule has 1 N–H and O–H groups in total. The minimum atomic E-state index is 0.562. The van der Waals surface area contributed by atoms with Gasteiger partial charge in [-0.1, -0.05) is 27.2 Å². The zero-order valence-corrected chi connectivity index (χ0v) is 8.82. The fourth-order valence-corrected chi connectivity index (χ4v) is 2.09. The molecule has 0 aromatic heterocycles. The Balaban J connectivity index is 2.47. The van der Waals surface area contributed by atoms with E-state index in [9.17, 15) is 0 Å². The average Bonchev–Trinajstić information content (AvgIpc) is 2.32. The van der Waals surface area contributed by atoms with E-state index in [2.05, 4.69) is 26.1 Å². The van der Waals surface area contributed by atoms with Crippen LogP contribution in [0.15, 0.2) is 0 Å². The van der Waals surface area contributed by atoms with Crippen LogP contribution in [0, 0.1) is 11.3 Å². The maximum Gasteiger partial charge on any atom is -0.00461 e. The molecule has 0 aromatic rings. The van der Waals surface area contributed by atoms with Gasteiger partial charge in [0.15, 0.2) is 0 Å². The Morgan fingerprint density at radius 1 is 1.25 bits per heavy atom. The number of hydrogen-bond acceptors (Lipinski definition) is 1. The van der Waals surface area contributed by atoms with E-state index < -0.39 is 0 Å². The fraction of sp³-hybridized carbons (Fsp3) is 1.00. The van der Waals surface area contributed by atoms with Gasteiger partial charge >= 0.3 is 0 Å². The molecule has 1 rings (SSSR count). The van der Waals surface area contributed by atoms with Crippen molar-refractivity contribution < 1.29 is 0 Å². The van der Waals surface area contributed by atoms with Crippen LogP contribution in [0.25, 0.3) is 0 Å². The smallest absolute Gasteiger partial charge is 0.00461 e. The second kappa shape index (κ2) is 4.27. The van der Waals surface area contributed by atoms with Gasteiger partial charge in [-0.3, -0.25) is 0 Å². The summed E-state index contributed by atoms with van der Waals surface area (Å²) < 4.78 is 0. The van der Waals surface area contributed by atoms with Crippen molar-refractivity contribution in [3.63, 3.8) is 0 Å². The van der Waals surface area contributed by atoms with Gasteiger partial charge in [-0.15, -0.1) is 0 Å². The summed E-state index contributed by atoms with van der Waals surface area (Å²) >= 11 is 0. The Labute approximate surface area is 76.9 Å². The molecule has 1 aliphatic rings. The van der Waals surface area contributed by atoms with E-state index in [4.69, 9.17) is 0 Å². The average molecular weight is 169 g/mol. The third kappa shape index (κ3) is 2.48. The molecular weight excluding hydrogens is 146 g/mol. The third-order valence-corrected chi connectivity index (χ3v) is 3.59. The van der Waals surface area contributed by atoms with Crippen LogP contribution >= 0.6 is 0 Å². The highest BCUT2D eigenvalue weighted by molar-refractivity contribution is 4.79. The van der Waals surface area contributed by atoms with E-state index in [1.807, 2.05) is 0 Å². The molecule has 72 valence electrons. The summed E-state index contributed by atoms with van der Waals surface area (Å²) in [5.74, 6) is 0.942. The topological polar surface area (TPSA) is 12.0 Å². The summed E-state index contributed by atoms with van der Waals surface area (Å²) in [5, 5.41) is 3.47. The lowest BCUT2D eigenvalue weighted by Gasteiger charge is -2.32. The highest BCUT2D eigenvalue weighted by atomic mass is 14.9. The number of nitrogens with one attached hydrogen (secondary N) is 1. The van der Waals surface area contributed by atoms with E-state index in [1.54, 1.807) is 0 Å². The van der Waals surface area contributed by atoms with Gasteiger partial charge in [-0.2, -0.15) is 0 Å². The molecule has 0 bridgehead atoms. The second-order valence-electron chi connectivity index (χ2n) is 4.72. The molecule has 1 fully saturated rings. The van der Waals surface area contributed by atoms with E-state index in [-0.39, 0.29) is 0 Å². The zero-order valence-electron chi connectivity index (χ0n) is 8.82. The van der Waals surface area contributed by atoms with E-state index >= 15 is 0 Å². The monoisotopic (exact) mass is 169 g/mol. The largest absolute Gasteiger partial charge is 0.317 e. The van der Waals surface area contributed by atoms with Crippen LogP contribution in [-0.4, -0.2) is 13.1 Å². The predicted octanol–water partition coefficient (Wildman–Crippen LogP) is 2.81. The second-order valence-corrected chi connectivity index (χ2v) is 4.72. The number of rotatable bonds is 2. The van der Waals surface area contributed by atoms with Crippen molar-refractivity contribution in [1.82, 2.24) is 5.32 Å². The van der Waals surface area contributed by atoms with E-state index in [1.165, 1.54) is 38.8 Å². The molecule has 1 unspecified atom stereocenters. The SMILES string of the molecule is CCC(C)(C)C1CCCNCC1. The van der Waals surface area contributed by atoms with Crippen LogP contribution in [0.3, 0.4) is 0 Å². The summed E-state index contributed by atoms with van der Waals surface area (Å²) in [7, 11) is 0. The highest BCUT2D eigenvalue weighted by Crippen LogP contribution is 2.36. The van der Waals surface area contributed by atoms with Gasteiger partial charge in [0.1, 0.15) is 0 Å². The van der Waals surface area contributed by atoms with Gasteiger partial charge in [0.2, 0.25) is 0 Å². The molecule has 1 saturated heterocycles. The van der Waals surface area contributed by atoms with Crippen molar-refractivity contribution in [1.29, 1.82) is 0 Å². The van der Waals surface area contributed by atoms with Crippen molar-refractivity contribution in [2.75, 3.05) is 13.1 Å². The lowest BCUT2D eigenvalue weighted by Crippen LogP contribution is -2.24. The predicted molar refractivity (Wildman–Crippen MR) is 54.3 cm³/mol. The molecule has 0 aromatic carbocycles. The van der Waals surface area contributed by atoms with Crippen LogP contribution in [0.2, 0.25) is 0 Å². The first-order valence-corrected chi connectivity index (χ1v) is 5.37. The molecule has 12 heavy (non-hydrogen) atoms. The van der Waals surface area contributed by atoms with Crippen molar-refractivity contribution >= 4 is 0 Å². The first kappa shape index (κ1) is 10.0. The maximum atomic E-state index is 3.47. The van der Waals surface area contributed by atoms with Gasteiger partial charge in [0, 0.05) is 0 Å². The molecular formula is C11H23N. The Morgan fingerprint density at radius 2 is 2.00 bits per heavy atom. The highest BCUT2D eigenvalue weighted by Gasteiger charge is 2.27. The standard InChI is InChI=1S/C11H23N/c1-4-11(2,3)10-6-5-8-12-9-7-10/h10,12H,4-9H2,1-3H3. The molecule has 0 aliphatic carbocycles. The van der Waals surface area contributed by atoms with Crippen LogP contribution in [0.4, 0.5) is 0 Å². The van der Waals surface area contributed by atoms with Gasteiger partial charge < -0.3 is 5.32 Å². The van der Waals surface area contributed by atoms with Crippen LogP contribution < -0.4 is 5.32 Å². The summed E-state index contributed by atoms with van der Waals surface area (Å²) in [6.07, 6.45) is 5.49. The normalized spacial score (nSPS) is 26.8. The minimum absolute atomic E-state index is 0.562. The Kier molecular flexibility index (Phi) is 3.57. The maximum absolute atomic E-state index is 3.47. The molecule has 0 saturated carbocycles. The van der Waals surface area contributed by atoms with Crippen LogP contribution in [-0.2, 0) is 0 Å². The molecule has 0 amide bonds. The lowest BCUT2D eigenvalue weighted by atomic mass is 9.73. The zero-order chi connectivity index (χ0) is 9.03. The third-order valence-electron chi connectivity index (χ3n) is 3.59. The van der Waals surface area contributed by atoms with Crippen molar-refractivity contribution in [3.05, 3.63) is 0 Å². The summed E-state index contributed by atoms with van der Waals surface area (Å²) in [6, 6.07) is 0. The molecule has 1 heteroatoms. The van der Waals surface area contributed by atoms with Gasteiger partial charge in [-0.05, 0) is 43.7 Å². The summed E-state index contributed by atoms with van der Waals surface area (Å²) in [4.78, 5) is 0. The Hall–Kier alpha value is -0.0400. The fourth-order valence-electron chi connectivity index (χ4n) is 2.09. The first-order valence-electron chi connectivity index (χ1n) is 5.37. The van der Waals surface area contributed by atoms with E-state index in [0.717, 1.165) is 5.92 Å². The molecule has 1 aliphatic heterocycles. The van der Waals surface area contributed by atoms with Gasteiger partial charge in [0.25, 0.3) is 0 Å². The lowest BCUT2D eigenvalue weighted by molar-refractivity contribution is 0.185. The molecule has 1 atom stereocenters. The van der Waals surface area contributed by atoms with Gasteiger partial charge in [-0.25, -0.2) is 0 Å². The summed E-state index contributed by atoms with van der Waals surface area (Å²) in [5.41, 5.74) is 0.562. The van der Waals surface area contributed by atoms with Crippen molar-refractivity contribution in [2.45, 2.75) is 46.5 Å². The van der Waals surface area contributed by atoms with Crippen LogP contribution in [0.1, 0.15) is 46.5 Å². The minimum Gasteiger partial charge on any atom is -0.317 e. The van der Waals surface area contributed by atoms with Crippen molar-refractivity contribution in [3.8, 4) is 0 Å². The van der Waals surface area contributed by atoms with Gasteiger partial charge in [0.05, 0.1) is 0 Å². The quantitative estimate of drug-likeness (QED) is 0.670. The van der Waals surface area contributed by atoms with Crippen molar-refractivity contribution in [2.24, 2.45) is 11.3 Å². The molecule has 0 radical (unpaired) electrons. The first-order chi connectivity index (χ1) is 5.67. The molecule has 0 spiro atoms. The molecule has 1 heterocycles. The molecule has 1 nitrogen and oxygen atoms in total. The Morgan fingerprint density at radius 3 is 2.67 bits per heavy atom.